The predicted molar refractivity (Wildman–Crippen MR) is 444 cm³/mol. The van der Waals surface area contributed by atoms with Gasteiger partial charge in [0.05, 0.1) is 40.4 Å². The second-order valence-corrected chi connectivity index (χ2v) is 65.4. The first-order chi connectivity index (χ1) is 38.6. The summed E-state index contributed by atoms with van der Waals surface area (Å²) < 4.78 is 0. The van der Waals surface area contributed by atoms with E-state index in [0.29, 0.717) is 0 Å². The van der Waals surface area contributed by atoms with Crippen LogP contribution in [-0.4, -0.2) is 56.5 Å². The Kier molecular flexibility index (Phi) is 70.4. The normalized spacial score (nSPS) is 18.9. The van der Waals surface area contributed by atoms with Crippen molar-refractivity contribution in [1.29, 1.82) is 0 Å². The maximum absolute atomic E-state index is 4.32. The Balaban J connectivity index is -0.000000135. The van der Waals surface area contributed by atoms with Crippen LogP contribution in [0.3, 0.4) is 0 Å². The fourth-order valence-electron chi connectivity index (χ4n) is 17.5. The summed E-state index contributed by atoms with van der Waals surface area (Å²) >= 11 is 0. The molecule has 552 valence electrons. The molecule has 0 aromatic heterocycles. The standard InChI is InChI=1S/C22H44Si3.2C15H28Si2.2C11H20.8CH3.4Fe/c1-7-25(8-2,19-17-23(3,4)21-13-9-10-14-21)20-18-24(5,6)22-15-11-12-16-22;2*1-6-17(7-2,8-3)14-13-16(4,5)15-11-9-10-12-15;2*1-2-6-10(5-1)9-11-7-3-4-8-11;;;;;;;;;;;;/h7-8,21-22H,1-2,9-20H2,3-6H3;2*6-8,15H,1-3,9-14H2,4-5H3;2*10-11H,1-9H2;8*1H3;;;;/q;;;;;8*-1;4*+2. The van der Waals surface area contributed by atoms with Crippen molar-refractivity contribution in [3.8, 4) is 0 Å². The molecule has 8 rings (SSSR count). The second-order valence-electron chi connectivity index (χ2n) is 32.0. The van der Waals surface area contributed by atoms with Gasteiger partial charge in [-0.3, -0.25) is 0 Å². The summed E-state index contributed by atoms with van der Waals surface area (Å²) in [6.45, 7) is 53.7. The van der Waals surface area contributed by atoms with Crippen LogP contribution in [0.1, 0.15) is 218 Å². The van der Waals surface area contributed by atoms with Crippen molar-refractivity contribution in [3.63, 3.8) is 0 Å². The number of hydrogen-bond donors (Lipinski definition) is 0. The van der Waals surface area contributed by atoms with Gasteiger partial charge in [-0.05, 0) is 70.8 Å². The fourth-order valence-corrected chi connectivity index (χ4v) is 48.0. The van der Waals surface area contributed by atoms with Gasteiger partial charge in [0.2, 0.25) is 0 Å². The van der Waals surface area contributed by atoms with E-state index in [1.54, 1.807) is 64.2 Å². The van der Waals surface area contributed by atoms with Gasteiger partial charge in [-0.25, -0.2) is 0 Å². The number of rotatable bonds is 28. The Morgan fingerprint density at radius 1 is 0.226 bits per heavy atom. The zero-order valence-corrected chi connectivity index (χ0v) is 76.9. The van der Waals surface area contributed by atoms with Crippen LogP contribution in [0.15, 0.2) is 98.2 Å². The van der Waals surface area contributed by atoms with Crippen molar-refractivity contribution < 1.29 is 68.3 Å². The van der Waals surface area contributed by atoms with Crippen LogP contribution in [-0.2, 0) is 68.3 Å². The van der Waals surface area contributed by atoms with Crippen LogP contribution in [0.2, 0.25) is 123 Å². The molecule has 0 atom stereocenters. The van der Waals surface area contributed by atoms with Crippen molar-refractivity contribution in [2.45, 2.75) is 341 Å². The maximum Gasteiger partial charge on any atom is 2.00 e. The molecule has 93 heavy (non-hydrogen) atoms. The van der Waals surface area contributed by atoms with Crippen molar-refractivity contribution >= 4 is 56.5 Å². The van der Waals surface area contributed by atoms with E-state index in [4.69, 9.17) is 0 Å². The van der Waals surface area contributed by atoms with Gasteiger partial charge >= 0.3 is 68.3 Å². The van der Waals surface area contributed by atoms with E-state index in [1.165, 1.54) is 202 Å². The first-order valence-corrected chi connectivity index (χ1v) is 56.3. The third kappa shape index (κ3) is 39.1. The second kappa shape index (κ2) is 58.0. The molecule has 0 nitrogen and oxygen atoms in total. The van der Waals surface area contributed by atoms with Gasteiger partial charge in [-0.1, -0.05) is 340 Å². The van der Waals surface area contributed by atoms with Crippen molar-refractivity contribution in [3.05, 3.63) is 158 Å². The molecule has 0 amide bonds. The minimum Gasteiger partial charge on any atom is -0.358 e. The third-order valence-corrected chi connectivity index (χ3v) is 55.1. The van der Waals surface area contributed by atoms with E-state index in [-0.39, 0.29) is 128 Å². The zero-order chi connectivity index (χ0) is 59.5. The molecule has 0 radical (unpaired) electrons. The summed E-state index contributed by atoms with van der Waals surface area (Å²) in [5, 5.41) is 0. The Bertz CT molecular complexity index is 1630. The Morgan fingerprint density at radius 2 is 0.376 bits per heavy atom. The van der Waals surface area contributed by atoms with Crippen LogP contribution >= 0.6 is 0 Å². The zero-order valence-electron chi connectivity index (χ0n) is 65.5. The Hall–Kier alpha value is 1.52. The Labute approximate surface area is 641 Å². The van der Waals surface area contributed by atoms with Crippen LogP contribution in [0.4, 0.5) is 0 Å². The summed E-state index contributed by atoms with van der Waals surface area (Å²) in [7, 11) is -8.77. The quantitative estimate of drug-likeness (QED) is 0.0541. The average molecular weight is 1570 g/mol. The first kappa shape index (κ1) is 113. The van der Waals surface area contributed by atoms with Crippen LogP contribution in [0, 0.1) is 83.1 Å². The van der Waals surface area contributed by atoms with E-state index >= 15 is 0 Å². The van der Waals surface area contributed by atoms with E-state index in [9.17, 15) is 0 Å². The summed E-state index contributed by atoms with van der Waals surface area (Å²) in [5.74, 6) is 4.55. The van der Waals surface area contributed by atoms with E-state index < -0.39 is 56.5 Å². The van der Waals surface area contributed by atoms with E-state index in [2.05, 4.69) is 151 Å². The largest absolute Gasteiger partial charge is 2.00 e. The van der Waals surface area contributed by atoms with Gasteiger partial charge in [-0.2, -0.15) is 0 Å². The first-order valence-electron chi connectivity index (χ1n) is 35.7. The summed E-state index contributed by atoms with van der Waals surface area (Å²) in [6, 6.07) is 11.4. The monoisotopic (exact) mass is 1570 g/mol. The minimum atomic E-state index is -1.55. The molecule has 0 aliphatic heterocycles. The van der Waals surface area contributed by atoms with Gasteiger partial charge in [0.25, 0.3) is 0 Å². The molecule has 0 aromatic carbocycles. The van der Waals surface area contributed by atoms with Crippen LogP contribution in [0.5, 0.6) is 0 Å². The summed E-state index contributed by atoms with van der Waals surface area (Å²) in [6.07, 6.45) is 51.7. The molecule has 8 aliphatic rings. The van der Waals surface area contributed by atoms with Crippen molar-refractivity contribution in [1.82, 2.24) is 0 Å². The van der Waals surface area contributed by atoms with Gasteiger partial charge in [0.15, 0.2) is 0 Å². The van der Waals surface area contributed by atoms with Crippen molar-refractivity contribution in [2.75, 3.05) is 0 Å². The number of hydrogen-bond acceptors (Lipinski definition) is 0. The average Bonchev–Trinajstić information content (AvgIpc) is 2.71. The summed E-state index contributed by atoms with van der Waals surface area (Å²) in [4.78, 5) is 0. The SMILES string of the molecule is C1CCC(CC2CCCC2)C1.C1CCC(CC2CCCC2)C1.C=C[Si](C=C)(C=C)CC[Si](C)(C)C1CCCC1.C=C[Si](C=C)(C=C)CC[Si](C)(C)C1CCCC1.C=C[Si](C=C)(CC[Si](C)(C)C1CCCC1)CC[Si](C)(C)C1CCCC1.[CH3-].[CH3-].[CH3-].[CH3-].[CH3-].[CH3-].[CH3-].[CH3-].[Fe+2].[Fe+2].[Fe+2].[Fe+2]. The molecule has 8 saturated carbocycles. The minimum absolute atomic E-state index is 0. The van der Waals surface area contributed by atoms with Gasteiger partial charge in [0, 0.05) is 0 Å². The molecule has 0 aromatic rings. The van der Waals surface area contributed by atoms with Gasteiger partial charge in [-0.15, -0.1) is 52.6 Å². The molecule has 0 saturated heterocycles. The molecule has 0 unspecified atom stereocenters. The molecular formula is C82H164Fe4Si7. The van der Waals surface area contributed by atoms with Gasteiger partial charge in [0.1, 0.15) is 16.1 Å². The maximum atomic E-state index is 4.32. The van der Waals surface area contributed by atoms with Crippen LogP contribution < -0.4 is 0 Å². The molecule has 8 aliphatic carbocycles. The van der Waals surface area contributed by atoms with Crippen molar-refractivity contribution in [2.24, 2.45) is 23.7 Å². The summed E-state index contributed by atoms with van der Waals surface area (Å²) in [5.41, 5.74) is 22.0. The van der Waals surface area contributed by atoms with Gasteiger partial charge < -0.3 is 59.4 Å². The predicted octanol–water partition coefficient (Wildman–Crippen LogP) is 29.8. The smallest absolute Gasteiger partial charge is 0.358 e. The topological polar surface area (TPSA) is 0 Å². The molecule has 11 heteroatoms. The molecular weight excluding hydrogens is 1400 g/mol. The van der Waals surface area contributed by atoms with Crippen LogP contribution in [0.25, 0.3) is 0 Å². The fraction of sp³-hybridized carbons (Fsp3) is 0.707. The molecule has 8 fully saturated rings. The molecule has 0 spiro atoms. The molecule has 0 N–H and O–H groups in total. The Morgan fingerprint density at radius 3 is 0.527 bits per heavy atom. The van der Waals surface area contributed by atoms with E-state index in [1.807, 2.05) is 0 Å². The molecule has 0 bridgehead atoms. The van der Waals surface area contributed by atoms with E-state index in [0.717, 1.165) is 45.8 Å². The molecule has 0 heterocycles. The third-order valence-electron chi connectivity index (χ3n) is 25.0.